The second kappa shape index (κ2) is 7.15. The average Bonchev–Trinajstić information content (AvgIpc) is 2.95. The van der Waals surface area contributed by atoms with Crippen LogP contribution < -0.4 is 5.56 Å². The molecule has 3 rings (SSSR count). The van der Waals surface area contributed by atoms with Gasteiger partial charge in [-0.05, 0) is 37.1 Å². The molecule has 0 saturated heterocycles. The summed E-state index contributed by atoms with van der Waals surface area (Å²) >= 11 is 1.06. The van der Waals surface area contributed by atoms with Crippen molar-refractivity contribution in [1.82, 2.24) is 9.55 Å². The molecule has 0 fully saturated rings. The zero-order valence-corrected chi connectivity index (χ0v) is 15.3. The van der Waals surface area contributed by atoms with Gasteiger partial charge in [-0.1, -0.05) is 12.1 Å². The number of thiophene rings is 1. The number of hydrogen-bond acceptors (Lipinski definition) is 5. The highest BCUT2D eigenvalue weighted by Gasteiger charge is 2.30. The summed E-state index contributed by atoms with van der Waals surface area (Å²) in [6, 6.07) is 4.78. The van der Waals surface area contributed by atoms with Crippen molar-refractivity contribution >= 4 is 27.5 Å². The number of carbonyl (C=O) groups excluding carboxylic acids is 1. The van der Waals surface area contributed by atoms with Crippen LogP contribution in [0, 0.1) is 6.92 Å². The average molecular weight is 396 g/mol. The minimum Gasteiger partial charge on any atom is -0.462 e. The van der Waals surface area contributed by atoms with Crippen LogP contribution in [-0.4, -0.2) is 22.1 Å². The lowest BCUT2D eigenvalue weighted by Gasteiger charge is -2.10. The van der Waals surface area contributed by atoms with E-state index in [2.05, 4.69) is 4.98 Å². The van der Waals surface area contributed by atoms with E-state index in [0.717, 1.165) is 23.5 Å². The minimum absolute atomic E-state index is 0.0598. The van der Waals surface area contributed by atoms with Gasteiger partial charge in [-0.15, -0.1) is 11.3 Å². The molecule has 27 heavy (non-hydrogen) atoms. The van der Waals surface area contributed by atoms with Crippen LogP contribution in [0.3, 0.4) is 0 Å². The topological polar surface area (TPSA) is 61.2 Å². The van der Waals surface area contributed by atoms with Gasteiger partial charge >= 0.3 is 12.1 Å². The maximum atomic E-state index is 12.9. The number of hydrogen-bond donors (Lipinski definition) is 0. The lowest BCUT2D eigenvalue weighted by atomic mass is 10.1. The lowest BCUT2D eigenvalue weighted by molar-refractivity contribution is -0.137. The van der Waals surface area contributed by atoms with E-state index in [1.54, 1.807) is 13.8 Å². The molecule has 9 heteroatoms. The van der Waals surface area contributed by atoms with Gasteiger partial charge in [0.25, 0.3) is 5.56 Å². The molecule has 3 aromatic rings. The number of fused-ring (bicyclic) bond motifs is 1. The molecule has 0 aliphatic carbocycles. The van der Waals surface area contributed by atoms with E-state index in [-0.39, 0.29) is 18.5 Å². The van der Waals surface area contributed by atoms with Crippen molar-refractivity contribution in [3.63, 3.8) is 0 Å². The van der Waals surface area contributed by atoms with Crippen LogP contribution in [0.5, 0.6) is 0 Å². The fraction of sp³-hybridized carbons (Fsp3) is 0.278. The van der Waals surface area contributed by atoms with Crippen LogP contribution in [0.2, 0.25) is 0 Å². The highest BCUT2D eigenvalue weighted by atomic mass is 32.1. The molecular weight excluding hydrogens is 381 g/mol. The highest BCUT2D eigenvalue weighted by Crippen LogP contribution is 2.30. The van der Waals surface area contributed by atoms with Gasteiger partial charge < -0.3 is 4.74 Å². The normalized spacial score (nSPS) is 11.7. The van der Waals surface area contributed by atoms with Gasteiger partial charge in [-0.3, -0.25) is 9.36 Å². The Balaban J connectivity index is 2.02. The van der Waals surface area contributed by atoms with Crippen LogP contribution in [-0.2, 0) is 17.5 Å². The second-order valence-electron chi connectivity index (χ2n) is 5.83. The molecule has 0 saturated carbocycles. The number of carbonyl (C=O) groups is 1. The summed E-state index contributed by atoms with van der Waals surface area (Å²) in [6.07, 6.45) is -3.18. The first-order chi connectivity index (χ1) is 12.7. The molecule has 0 bridgehead atoms. The maximum absolute atomic E-state index is 12.9. The summed E-state index contributed by atoms with van der Waals surface area (Å²) in [4.78, 5) is 29.7. The molecule has 0 atom stereocenters. The van der Waals surface area contributed by atoms with Gasteiger partial charge in [0.05, 0.1) is 30.4 Å². The van der Waals surface area contributed by atoms with Gasteiger partial charge in [0, 0.05) is 0 Å². The van der Waals surface area contributed by atoms with E-state index in [4.69, 9.17) is 4.74 Å². The summed E-state index contributed by atoms with van der Waals surface area (Å²) < 4.78 is 44.8. The van der Waals surface area contributed by atoms with E-state index in [1.165, 1.54) is 23.0 Å². The van der Waals surface area contributed by atoms with E-state index in [1.807, 2.05) is 0 Å². The predicted octanol–water partition coefficient (Wildman–Crippen LogP) is 4.01. The van der Waals surface area contributed by atoms with Gasteiger partial charge in [0.2, 0.25) is 0 Å². The van der Waals surface area contributed by atoms with Crippen molar-refractivity contribution in [2.24, 2.45) is 0 Å². The Hall–Kier alpha value is -2.68. The van der Waals surface area contributed by atoms with E-state index in [0.29, 0.717) is 20.8 Å². The second-order valence-corrected chi connectivity index (χ2v) is 6.83. The fourth-order valence-corrected chi connectivity index (χ4v) is 3.74. The molecule has 0 amide bonds. The number of rotatable bonds is 4. The van der Waals surface area contributed by atoms with Crippen molar-refractivity contribution < 1.29 is 22.7 Å². The number of aromatic nitrogens is 2. The van der Waals surface area contributed by atoms with Gasteiger partial charge in [-0.25, -0.2) is 9.78 Å². The summed E-state index contributed by atoms with van der Waals surface area (Å²) in [5, 5.41) is 0.275. The number of esters is 1. The van der Waals surface area contributed by atoms with Gasteiger partial charge in [-0.2, -0.15) is 13.2 Å². The smallest absolute Gasteiger partial charge is 0.416 e. The van der Waals surface area contributed by atoms with Crippen LogP contribution in [0.25, 0.3) is 10.2 Å². The van der Waals surface area contributed by atoms with Crippen molar-refractivity contribution in [1.29, 1.82) is 0 Å². The number of ether oxygens (including phenoxy) is 1. The standard InChI is InChI=1S/C18H15F3N2O3S/c1-3-26-17(25)14-10(2)13-15(27-14)22-9-23(16(13)24)8-11-5-4-6-12(7-11)18(19,20)21/h4-7,9H,3,8H2,1-2H3. The number of halogens is 3. The van der Waals surface area contributed by atoms with E-state index in [9.17, 15) is 22.8 Å². The molecule has 0 unspecified atom stereocenters. The Morgan fingerprint density at radius 1 is 1.33 bits per heavy atom. The number of benzene rings is 1. The molecule has 2 heterocycles. The summed E-state index contributed by atoms with van der Waals surface area (Å²) in [7, 11) is 0. The molecule has 5 nitrogen and oxygen atoms in total. The SMILES string of the molecule is CCOC(=O)c1sc2ncn(Cc3cccc(C(F)(F)F)c3)c(=O)c2c1C. The van der Waals surface area contributed by atoms with Crippen molar-refractivity contribution in [3.05, 3.63) is 62.5 Å². The summed E-state index contributed by atoms with van der Waals surface area (Å²) in [5.41, 5.74) is -0.406. The lowest BCUT2D eigenvalue weighted by Crippen LogP contribution is -2.21. The third-order valence-electron chi connectivity index (χ3n) is 3.99. The summed E-state index contributed by atoms with van der Waals surface area (Å²) in [6.45, 7) is 3.46. The maximum Gasteiger partial charge on any atom is 0.416 e. The Morgan fingerprint density at radius 3 is 2.74 bits per heavy atom. The first kappa shape index (κ1) is 19.1. The van der Waals surface area contributed by atoms with E-state index < -0.39 is 23.3 Å². The number of alkyl halides is 3. The molecule has 0 aliphatic rings. The van der Waals surface area contributed by atoms with Crippen molar-refractivity contribution in [2.45, 2.75) is 26.6 Å². The molecule has 0 N–H and O–H groups in total. The minimum atomic E-state index is -4.46. The molecule has 0 radical (unpaired) electrons. The van der Waals surface area contributed by atoms with Crippen molar-refractivity contribution in [3.8, 4) is 0 Å². The summed E-state index contributed by atoms with van der Waals surface area (Å²) in [5.74, 6) is -0.526. The van der Waals surface area contributed by atoms with Crippen LogP contribution in [0.4, 0.5) is 13.2 Å². The Kier molecular flexibility index (Phi) is 5.05. The Morgan fingerprint density at radius 2 is 2.07 bits per heavy atom. The molecule has 142 valence electrons. The molecule has 2 aromatic heterocycles. The molecule has 1 aromatic carbocycles. The first-order valence-electron chi connectivity index (χ1n) is 8.04. The first-order valence-corrected chi connectivity index (χ1v) is 8.85. The van der Waals surface area contributed by atoms with Crippen LogP contribution in [0.1, 0.15) is 33.3 Å². The quantitative estimate of drug-likeness (QED) is 0.625. The molecule has 0 spiro atoms. The largest absolute Gasteiger partial charge is 0.462 e. The van der Waals surface area contributed by atoms with Crippen LogP contribution >= 0.6 is 11.3 Å². The monoisotopic (exact) mass is 396 g/mol. The molecular formula is C18H15F3N2O3S. The highest BCUT2D eigenvalue weighted by molar-refractivity contribution is 7.20. The van der Waals surface area contributed by atoms with E-state index >= 15 is 0 Å². The fourth-order valence-electron chi connectivity index (χ4n) is 2.71. The third-order valence-corrected chi connectivity index (χ3v) is 5.17. The number of nitrogens with zero attached hydrogens (tertiary/aromatic N) is 2. The van der Waals surface area contributed by atoms with Gasteiger partial charge in [0.15, 0.2) is 0 Å². The Bertz CT molecular complexity index is 1070. The van der Waals surface area contributed by atoms with Crippen LogP contribution in [0.15, 0.2) is 35.4 Å². The zero-order chi connectivity index (χ0) is 19.8. The zero-order valence-electron chi connectivity index (χ0n) is 14.5. The molecule has 0 aliphatic heterocycles. The predicted molar refractivity (Wildman–Crippen MR) is 95.1 cm³/mol. The Labute approximate surface area is 156 Å². The number of aryl methyl sites for hydroxylation is 1. The van der Waals surface area contributed by atoms with Gasteiger partial charge in [0.1, 0.15) is 9.71 Å². The third kappa shape index (κ3) is 3.73. The van der Waals surface area contributed by atoms with Crippen molar-refractivity contribution in [2.75, 3.05) is 6.61 Å².